The molecular formula is C39H75NO7P+. The molecule has 0 rings (SSSR count). The summed E-state index contributed by atoms with van der Waals surface area (Å²) in [5.74, 6) is -0.324. The van der Waals surface area contributed by atoms with Crippen LogP contribution in [0.2, 0.25) is 0 Å². The minimum absolute atomic E-state index is 0.0843. The molecule has 0 aliphatic heterocycles. The number of allylic oxidation sites excluding steroid dienone is 6. The lowest BCUT2D eigenvalue weighted by Gasteiger charge is -2.24. The lowest BCUT2D eigenvalue weighted by molar-refractivity contribution is -0.870. The lowest BCUT2D eigenvalue weighted by Crippen LogP contribution is -2.37. The third kappa shape index (κ3) is 36.0. The van der Waals surface area contributed by atoms with Crippen molar-refractivity contribution in [1.29, 1.82) is 0 Å². The van der Waals surface area contributed by atoms with Crippen LogP contribution in [0.4, 0.5) is 0 Å². The Labute approximate surface area is 295 Å². The topological polar surface area (TPSA) is 91.3 Å². The summed E-state index contributed by atoms with van der Waals surface area (Å²) in [4.78, 5) is 22.7. The molecule has 0 saturated carbocycles. The van der Waals surface area contributed by atoms with E-state index < -0.39 is 13.9 Å². The summed E-state index contributed by atoms with van der Waals surface area (Å²) in [6.45, 7) is 5.44. The van der Waals surface area contributed by atoms with Crippen LogP contribution in [0.15, 0.2) is 36.5 Å². The molecule has 0 fully saturated rings. The molecule has 2 atom stereocenters. The molecule has 9 heteroatoms. The summed E-state index contributed by atoms with van der Waals surface area (Å²) in [7, 11) is 1.65. The third-order valence-corrected chi connectivity index (χ3v) is 8.95. The maximum absolute atomic E-state index is 12.6. The molecule has 0 aromatic rings. The standard InChI is InChI=1S/C39H74NO7P/c1-6-8-10-12-14-16-18-20-21-23-25-27-29-31-34-44-36-38(37-46-48(42,43)45-35-33-40(3,4)5)47-39(41)32-30-28-26-24-22-19-17-15-13-11-9-7-2/h8,10,14,16,20-21,38H,6-7,9,11-13,15,17-19,22-37H2,1-5H3/p+1/b10-8-,16-14-,21-20-. The predicted molar refractivity (Wildman–Crippen MR) is 201 cm³/mol. The highest BCUT2D eigenvalue weighted by Gasteiger charge is 2.26. The van der Waals surface area contributed by atoms with E-state index in [1.54, 1.807) is 0 Å². The van der Waals surface area contributed by atoms with Crippen molar-refractivity contribution >= 4 is 13.8 Å². The van der Waals surface area contributed by atoms with E-state index in [-0.39, 0.29) is 25.8 Å². The monoisotopic (exact) mass is 701 g/mol. The van der Waals surface area contributed by atoms with Crippen LogP contribution in [0.5, 0.6) is 0 Å². The van der Waals surface area contributed by atoms with Gasteiger partial charge in [0.2, 0.25) is 0 Å². The van der Waals surface area contributed by atoms with E-state index >= 15 is 0 Å². The smallest absolute Gasteiger partial charge is 0.457 e. The molecule has 8 nitrogen and oxygen atoms in total. The predicted octanol–water partition coefficient (Wildman–Crippen LogP) is 10.7. The van der Waals surface area contributed by atoms with Gasteiger partial charge in [-0.15, -0.1) is 0 Å². The van der Waals surface area contributed by atoms with Crippen molar-refractivity contribution in [2.75, 3.05) is 54.1 Å². The molecule has 0 aromatic carbocycles. The zero-order chi connectivity index (χ0) is 35.6. The number of rotatable bonds is 35. The summed E-state index contributed by atoms with van der Waals surface area (Å²) >= 11 is 0. The first-order chi connectivity index (χ1) is 23.1. The van der Waals surface area contributed by atoms with E-state index in [1.807, 2.05) is 21.1 Å². The Hall–Kier alpha value is -1.28. The average Bonchev–Trinajstić information content (AvgIpc) is 3.03. The number of unbranched alkanes of at least 4 members (excludes halogenated alkanes) is 15. The SMILES string of the molecule is CC/C=C\C/C=C\C/C=C\CCCCCCOCC(COP(=O)(O)OCC[N+](C)(C)C)OC(=O)CCCCCCCCCCCCCC. The number of quaternary nitrogens is 1. The van der Waals surface area contributed by atoms with Crippen molar-refractivity contribution in [3.63, 3.8) is 0 Å². The number of carbonyl (C=O) groups excluding carboxylic acids is 1. The second-order valence-corrected chi connectivity index (χ2v) is 15.4. The molecule has 0 spiro atoms. The molecule has 0 bridgehead atoms. The van der Waals surface area contributed by atoms with E-state index in [9.17, 15) is 14.3 Å². The van der Waals surface area contributed by atoms with Crippen LogP contribution in [-0.2, 0) is 27.9 Å². The molecule has 48 heavy (non-hydrogen) atoms. The van der Waals surface area contributed by atoms with Crippen LogP contribution in [0.1, 0.15) is 149 Å². The lowest BCUT2D eigenvalue weighted by atomic mass is 10.0. The van der Waals surface area contributed by atoms with E-state index in [0.29, 0.717) is 24.1 Å². The van der Waals surface area contributed by atoms with Gasteiger partial charge in [0.15, 0.2) is 0 Å². The quantitative estimate of drug-likeness (QED) is 0.0231. The van der Waals surface area contributed by atoms with Crippen molar-refractivity contribution in [1.82, 2.24) is 0 Å². The van der Waals surface area contributed by atoms with Gasteiger partial charge in [-0.05, 0) is 44.9 Å². The third-order valence-electron chi connectivity index (χ3n) is 7.97. The van der Waals surface area contributed by atoms with Crippen LogP contribution < -0.4 is 0 Å². The first kappa shape index (κ1) is 46.7. The molecule has 0 amide bonds. The minimum Gasteiger partial charge on any atom is -0.457 e. The van der Waals surface area contributed by atoms with Crippen LogP contribution in [0.3, 0.4) is 0 Å². The maximum atomic E-state index is 12.6. The highest BCUT2D eigenvalue weighted by molar-refractivity contribution is 7.47. The fraction of sp³-hybridized carbons (Fsp3) is 0.821. The Morgan fingerprint density at radius 1 is 0.667 bits per heavy atom. The van der Waals surface area contributed by atoms with Crippen molar-refractivity contribution in [2.24, 2.45) is 0 Å². The second-order valence-electron chi connectivity index (χ2n) is 13.9. The van der Waals surface area contributed by atoms with Crippen molar-refractivity contribution in [3.8, 4) is 0 Å². The first-order valence-corrected chi connectivity index (χ1v) is 20.7. The van der Waals surface area contributed by atoms with Gasteiger partial charge >= 0.3 is 13.8 Å². The fourth-order valence-corrected chi connectivity index (χ4v) is 5.72. The van der Waals surface area contributed by atoms with Crippen LogP contribution in [0, 0.1) is 0 Å². The number of hydrogen-bond acceptors (Lipinski definition) is 6. The summed E-state index contributed by atoms with van der Waals surface area (Å²) in [5, 5.41) is 0. The van der Waals surface area contributed by atoms with Crippen LogP contribution >= 0.6 is 7.82 Å². The molecule has 0 aromatic heterocycles. The van der Waals surface area contributed by atoms with Crippen LogP contribution in [-0.4, -0.2) is 75.6 Å². The van der Waals surface area contributed by atoms with Crippen molar-refractivity contribution in [3.05, 3.63) is 36.5 Å². The van der Waals surface area contributed by atoms with Gasteiger partial charge in [-0.2, -0.15) is 0 Å². The molecule has 0 saturated heterocycles. The highest BCUT2D eigenvalue weighted by Crippen LogP contribution is 2.43. The molecule has 0 radical (unpaired) electrons. The second kappa shape index (κ2) is 32.9. The van der Waals surface area contributed by atoms with E-state index in [1.165, 1.54) is 57.8 Å². The number of likely N-dealkylation sites (N-methyl/N-ethyl adjacent to an activating group) is 1. The van der Waals surface area contributed by atoms with Gasteiger partial charge in [-0.25, -0.2) is 4.57 Å². The largest absolute Gasteiger partial charge is 0.472 e. The molecule has 0 aliphatic rings. The number of ether oxygens (including phenoxy) is 2. The Morgan fingerprint density at radius 2 is 1.21 bits per heavy atom. The van der Waals surface area contributed by atoms with Gasteiger partial charge in [0.05, 0.1) is 34.4 Å². The number of nitrogens with zero attached hydrogens (tertiary/aromatic N) is 1. The summed E-state index contributed by atoms with van der Waals surface area (Å²) in [6, 6.07) is 0. The number of carbonyl (C=O) groups is 1. The number of phosphoric acid groups is 1. The Kier molecular flexibility index (Phi) is 32.0. The van der Waals surface area contributed by atoms with Gasteiger partial charge < -0.3 is 18.9 Å². The van der Waals surface area contributed by atoms with Gasteiger partial charge in [0, 0.05) is 13.0 Å². The zero-order valence-corrected chi connectivity index (χ0v) is 32.6. The van der Waals surface area contributed by atoms with Crippen LogP contribution in [0.25, 0.3) is 0 Å². The molecular weight excluding hydrogens is 625 g/mol. The minimum atomic E-state index is -4.27. The molecule has 0 heterocycles. The highest BCUT2D eigenvalue weighted by atomic mass is 31.2. The normalized spacial score (nSPS) is 14.4. The molecule has 1 N–H and O–H groups in total. The van der Waals surface area contributed by atoms with Gasteiger partial charge in [0.25, 0.3) is 0 Å². The first-order valence-electron chi connectivity index (χ1n) is 19.2. The fourth-order valence-electron chi connectivity index (χ4n) is 4.98. The van der Waals surface area contributed by atoms with E-state index in [2.05, 4.69) is 50.3 Å². The van der Waals surface area contributed by atoms with E-state index in [4.69, 9.17) is 18.5 Å². The Bertz CT molecular complexity index is 869. The Balaban J connectivity index is 4.34. The maximum Gasteiger partial charge on any atom is 0.472 e. The number of phosphoric ester groups is 1. The number of esters is 1. The summed E-state index contributed by atoms with van der Waals surface area (Å²) in [5.41, 5.74) is 0. The number of hydrogen-bond donors (Lipinski definition) is 1. The van der Waals surface area contributed by atoms with Crippen molar-refractivity contribution in [2.45, 2.75) is 155 Å². The summed E-state index contributed by atoms with van der Waals surface area (Å²) in [6.07, 6.45) is 36.0. The van der Waals surface area contributed by atoms with E-state index in [0.717, 1.165) is 70.6 Å². The average molecular weight is 701 g/mol. The summed E-state index contributed by atoms with van der Waals surface area (Å²) < 4.78 is 34.8. The van der Waals surface area contributed by atoms with Gasteiger partial charge in [-0.1, -0.05) is 134 Å². The van der Waals surface area contributed by atoms with Crippen molar-refractivity contribution < 1.29 is 37.3 Å². The molecule has 0 aliphatic carbocycles. The molecule has 282 valence electrons. The zero-order valence-electron chi connectivity index (χ0n) is 31.7. The van der Waals surface area contributed by atoms with Gasteiger partial charge in [-0.3, -0.25) is 13.8 Å². The Morgan fingerprint density at radius 3 is 1.81 bits per heavy atom. The van der Waals surface area contributed by atoms with Gasteiger partial charge in [0.1, 0.15) is 19.3 Å². The molecule has 2 unspecified atom stereocenters.